The van der Waals surface area contributed by atoms with Crippen molar-refractivity contribution in [2.75, 3.05) is 7.11 Å². The van der Waals surface area contributed by atoms with Gasteiger partial charge in [0.15, 0.2) is 0 Å². The summed E-state index contributed by atoms with van der Waals surface area (Å²) in [5.41, 5.74) is 0. The molecular weight excluding hydrogens is 304 g/mol. The highest BCUT2D eigenvalue weighted by Gasteiger charge is 2.19. The zero-order valence-corrected chi connectivity index (χ0v) is 16.5. The van der Waals surface area contributed by atoms with E-state index >= 15 is 0 Å². The van der Waals surface area contributed by atoms with Gasteiger partial charge in [-0.3, -0.25) is 0 Å². The molecule has 140 valence electrons. The lowest BCUT2D eigenvalue weighted by Gasteiger charge is -2.26. The highest BCUT2D eigenvalue weighted by molar-refractivity contribution is 5.24. The van der Waals surface area contributed by atoms with Gasteiger partial charge < -0.3 is 4.74 Å². The van der Waals surface area contributed by atoms with Crippen molar-refractivity contribution in [3.8, 4) is 11.8 Å². The van der Waals surface area contributed by atoms with Gasteiger partial charge in [0.05, 0.1) is 6.10 Å². The molecule has 0 spiro atoms. The molecular formula is C24H38O. The Kier molecular flexibility index (Phi) is 10.1. The normalized spacial score (nSPS) is 30.5. The van der Waals surface area contributed by atoms with Crippen LogP contribution in [0.15, 0.2) is 24.3 Å². The van der Waals surface area contributed by atoms with Crippen LogP contribution in [-0.2, 0) is 4.74 Å². The molecule has 2 fully saturated rings. The first-order valence-electron chi connectivity index (χ1n) is 10.7. The summed E-state index contributed by atoms with van der Waals surface area (Å²) in [6.07, 6.45) is 25.4. The van der Waals surface area contributed by atoms with Gasteiger partial charge in [-0.05, 0) is 81.3 Å². The number of ether oxygens (including phenoxy) is 1. The van der Waals surface area contributed by atoms with Crippen LogP contribution in [0, 0.1) is 29.6 Å². The molecule has 0 aromatic heterocycles. The standard InChI is InChI=1S/C24H38O/c1-3-4-7-10-21-13-15-22(16-14-21)11-8-5-6-9-12-23-17-19-24(25-2)20-18-23/h8-9,11-12,21-24H,3-4,7,10,13-20H2,1-2H3/t21-,22-,23-,24-. The minimum atomic E-state index is 0.486. The molecule has 1 heteroatoms. The average molecular weight is 343 g/mol. The Bertz CT molecular complexity index is 448. The molecule has 0 N–H and O–H groups in total. The lowest BCUT2D eigenvalue weighted by Crippen LogP contribution is -2.19. The molecule has 2 aliphatic rings. The van der Waals surface area contributed by atoms with E-state index in [-0.39, 0.29) is 0 Å². The minimum Gasteiger partial charge on any atom is -0.381 e. The van der Waals surface area contributed by atoms with Gasteiger partial charge in [0.2, 0.25) is 0 Å². The molecule has 0 aromatic carbocycles. The van der Waals surface area contributed by atoms with Crippen LogP contribution in [0.1, 0.15) is 84.0 Å². The molecule has 0 heterocycles. The first-order chi connectivity index (χ1) is 12.3. The van der Waals surface area contributed by atoms with E-state index in [1.165, 1.54) is 77.0 Å². The van der Waals surface area contributed by atoms with Crippen LogP contribution in [0.4, 0.5) is 0 Å². The molecule has 0 radical (unpaired) electrons. The second kappa shape index (κ2) is 12.4. The summed E-state index contributed by atoms with van der Waals surface area (Å²) in [4.78, 5) is 0. The van der Waals surface area contributed by atoms with Crippen molar-refractivity contribution < 1.29 is 4.74 Å². The van der Waals surface area contributed by atoms with Crippen LogP contribution >= 0.6 is 0 Å². The van der Waals surface area contributed by atoms with Gasteiger partial charge >= 0.3 is 0 Å². The third-order valence-corrected chi connectivity index (χ3v) is 6.15. The Hall–Kier alpha value is -1.00. The maximum Gasteiger partial charge on any atom is 0.0571 e. The second-order valence-corrected chi connectivity index (χ2v) is 8.06. The molecule has 0 aliphatic heterocycles. The predicted molar refractivity (Wildman–Crippen MR) is 108 cm³/mol. The third kappa shape index (κ3) is 8.28. The molecule has 0 aromatic rings. The monoisotopic (exact) mass is 342 g/mol. The van der Waals surface area contributed by atoms with E-state index in [1.54, 1.807) is 0 Å². The van der Waals surface area contributed by atoms with Crippen molar-refractivity contribution in [1.82, 2.24) is 0 Å². The summed E-state index contributed by atoms with van der Waals surface area (Å²) < 4.78 is 5.42. The predicted octanol–water partition coefficient (Wildman–Crippen LogP) is 6.69. The van der Waals surface area contributed by atoms with Crippen LogP contribution < -0.4 is 0 Å². The molecule has 2 aliphatic carbocycles. The van der Waals surface area contributed by atoms with Crippen LogP contribution in [0.3, 0.4) is 0 Å². The van der Waals surface area contributed by atoms with Crippen molar-refractivity contribution >= 4 is 0 Å². The van der Waals surface area contributed by atoms with E-state index in [9.17, 15) is 0 Å². The maximum absolute atomic E-state index is 5.42. The number of rotatable bonds is 7. The smallest absolute Gasteiger partial charge is 0.0571 e. The fourth-order valence-electron chi connectivity index (χ4n) is 4.33. The van der Waals surface area contributed by atoms with Gasteiger partial charge in [0, 0.05) is 7.11 Å². The molecule has 0 saturated heterocycles. The number of allylic oxidation sites excluding steroid dienone is 4. The van der Waals surface area contributed by atoms with Crippen molar-refractivity contribution in [3.05, 3.63) is 24.3 Å². The van der Waals surface area contributed by atoms with E-state index in [2.05, 4.69) is 43.1 Å². The Morgan fingerprint density at radius 2 is 1.36 bits per heavy atom. The average Bonchev–Trinajstić information content (AvgIpc) is 2.66. The summed E-state index contributed by atoms with van der Waals surface area (Å²) in [5.74, 6) is 8.86. The number of unbranched alkanes of at least 4 members (excludes halogenated alkanes) is 2. The fourth-order valence-corrected chi connectivity index (χ4v) is 4.33. The summed E-state index contributed by atoms with van der Waals surface area (Å²) in [7, 11) is 1.83. The Balaban J connectivity index is 1.59. The molecule has 1 nitrogen and oxygen atoms in total. The van der Waals surface area contributed by atoms with E-state index in [0.717, 1.165) is 11.8 Å². The van der Waals surface area contributed by atoms with Gasteiger partial charge in [0.1, 0.15) is 0 Å². The van der Waals surface area contributed by atoms with Crippen LogP contribution in [0.5, 0.6) is 0 Å². The SMILES string of the molecule is CCCCC[C@H]1CC[C@H](C=CC#CC=C[C@H]2CC[C@H](OC)CC2)CC1. The summed E-state index contributed by atoms with van der Waals surface area (Å²) in [6.45, 7) is 2.30. The first kappa shape index (κ1) is 20.3. The second-order valence-electron chi connectivity index (χ2n) is 8.06. The molecule has 2 saturated carbocycles. The maximum atomic E-state index is 5.42. The van der Waals surface area contributed by atoms with Crippen molar-refractivity contribution in [2.24, 2.45) is 17.8 Å². The van der Waals surface area contributed by atoms with Gasteiger partial charge in [-0.25, -0.2) is 0 Å². The Labute approximate surface area is 156 Å². The fraction of sp³-hybridized carbons (Fsp3) is 0.750. The zero-order valence-electron chi connectivity index (χ0n) is 16.5. The highest BCUT2D eigenvalue weighted by atomic mass is 16.5. The topological polar surface area (TPSA) is 9.23 Å². The number of hydrogen-bond donors (Lipinski definition) is 0. The Morgan fingerprint density at radius 3 is 1.88 bits per heavy atom. The quantitative estimate of drug-likeness (QED) is 0.370. The van der Waals surface area contributed by atoms with Crippen molar-refractivity contribution in [1.29, 1.82) is 0 Å². The van der Waals surface area contributed by atoms with E-state index in [4.69, 9.17) is 4.74 Å². The van der Waals surface area contributed by atoms with Gasteiger partial charge in [-0.2, -0.15) is 0 Å². The third-order valence-electron chi connectivity index (χ3n) is 6.15. The molecule has 0 amide bonds. The molecule has 0 atom stereocenters. The molecule has 0 bridgehead atoms. The molecule has 0 unspecified atom stereocenters. The van der Waals surface area contributed by atoms with Gasteiger partial charge in [-0.15, -0.1) is 0 Å². The van der Waals surface area contributed by atoms with Crippen LogP contribution in [-0.4, -0.2) is 13.2 Å². The summed E-state index contributed by atoms with van der Waals surface area (Å²) >= 11 is 0. The number of hydrogen-bond acceptors (Lipinski definition) is 1. The summed E-state index contributed by atoms with van der Waals surface area (Å²) in [6, 6.07) is 0. The lowest BCUT2D eigenvalue weighted by molar-refractivity contribution is 0.0627. The number of methoxy groups -OCH3 is 1. The van der Waals surface area contributed by atoms with E-state index < -0.39 is 0 Å². The van der Waals surface area contributed by atoms with Crippen LogP contribution in [0.2, 0.25) is 0 Å². The van der Waals surface area contributed by atoms with Gasteiger partial charge in [-0.1, -0.05) is 56.6 Å². The summed E-state index contributed by atoms with van der Waals surface area (Å²) in [5, 5.41) is 0. The molecule has 25 heavy (non-hydrogen) atoms. The molecule has 2 rings (SSSR count). The van der Waals surface area contributed by atoms with Crippen LogP contribution in [0.25, 0.3) is 0 Å². The van der Waals surface area contributed by atoms with E-state index in [1.807, 2.05) is 7.11 Å². The highest BCUT2D eigenvalue weighted by Crippen LogP contribution is 2.32. The first-order valence-corrected chi connectivity index (χ1v) is 10.7. The van der Waals surface area contributed by atoms with Crippen molar-refractivity contribution in [3.63, 3.8) is 0 Å². The largest absolute Gasteiger partial charge is 0.381 e. The van der Waals surface area contributed by atoms with Crippen molar-refractivity contribution in [2.45, 2.75) is 90.1 Å². The lowest BCUT2D eigenvalue weighted by atomic mass is 9.79. The van der Waals surface area contributed by atoms with E-state index in [0.29, 0.717) is 12.0 Å². The van der Waals surface area contributed by atoms with Gasteiger partial charge in [0.25, 0.3) is 0 Å². The zero-order chi connectivity index (χ0) is 17.7. The minimum absolute atomic E-state index is 0.486. The Morgan fingerprint density at radius 1 is 0.800 bits per heavy atom.